The van der Waals surface area contributed by atoms with Crippen LogP contribution in [0, 0.1) is 0 Å². The molecule has 0 spiro atoms. The minimum Gasteiger partial charge on any atom is -0.459 e. The molecule has 0 saturated carbocycles. The molecule has 0 aromatic heterocycles. The molecule has 0 amide bonds. The molecule has 7 heteroatoms. The first kappa shape index (κ1) is 16.2. The molecule has 3 atom stereocenters. The zero-order chi connectivity index (χ0) is 15.1. The molecule has 1 fully saturated rings. The maximum Gasteiger partial charge on any atom is 0.306 e. The zero-order valence-electron chi connectivity index (χ0n) is 12.3. The van der Waals surface area contributed by atoms with E-state index in [2.05, 4.69) is 0 Å². The van der Waals surface area contributed by atoms with Crippen LogP contribution in [0.5, 0.6) is 0 Å². The van der Waals surface area contributed by atoms with Crippen molar-refractivity contribution in [2.75, 3.05) is 33.7 Å². The van der Waals surface area contributed by atoms with Gasteiger partial charge >= 0.3 is 5.97 Å². The molecule has 1 saturated heterocycles. The van der Waals surface area contributed by atoms with E-state index in [4.69, 9.17) is 18.9 Å². The lowest BCUT2D eigenvalue weighted by Crippen LogP contribution is -2.35. The fraction of sp³-hybridized carbons (Fsp3) is 0.786. The quantitative estimate of drug-likeness (QED) is 0.533. The number of nitrogens with zero attached hydrogens (tertiary/aromatic N) is 1. The van der Waals surface area contributed by atoms with E-state index in [-0.39, 0.29) is 18.8 Å². The van der Waals surface area contributed by atoms with Gasteiger partial charge in [0.15, 0.2) is 0 Å². The van der Waals surface area contributed by atoms with Crippen LogP contribution in [-0.4, -0.2) is 68.1 Å². The highest BCUT2D eigenvalue weighted by Crippen LogP contribution is 2.27. The number of esters is 1. The number of ether oxygens (including phenoxy) is 4. The van der Waals surface area contributed by atoms with Gasteiger partial charge in [0.05, 0.1) is 13.2 Å². The largest absolute Gasteiger partial charge is 0.459 e. The third-order valence-electron chi connectivity index (χ3n) is 3.49. The van der Waals surface area contributed by atoms with E-state index < -0.39 is 12.2 Å². The summed E-state index contributed by atoms with van der Waals surface area (Å²) in [5.74, 6) is -0.287. The summed E-state index contributed by atoms with van der Waals surface area (Å²) in [7, 11) is 1.59. The predicted molar refractivity (Wildman–Crippen MR) is 73.2 cm³/mol. The van der Waals surface area contributed by atoms with E-state index in [9.17, 15) is 9.90 Å². The normalized spacial score (nSPS) is 28.9. The molecule has 2 aliphatic rings. The van der Waals surface area contributed by atoms with Crippen LogP contribution >= 0.6 is 0 Å². The van der Waals surface area contributed by atoms with Crippen LogP contribution in [0.3, 0.4) is 0 Å². The van der Waals surface area contributed by atoms with Crippen molar-refractivity contribution in [3.8, 4) is 0 Å². The van der Waals surface area contributed by atoms with Crippen LogP contribution in [0.2, 0.25) is 0 Å². The van der Waals surface area contributed by atoms with E-state index in [0.29, 0.717) is 39.2 Å². The minimum absolute atomic E-state index is 0.176. The third kappa shape index (κ3) is 4.67. The lowest BCUT2D eigenvalue weighted by Gasteiger charge is -2.28. The van der Waals surface area contributed by atoms with E-state index >= 15 is 0 Å². The van der Waals surface area contributed by atoms with Gasteiger partial charge in [-0.15, -0.1) is 0 Å². The SMILES string of the molecule is COCCCC(=O)O[C@@H]1C[C@H](N2C=CCOC2)O[C@@H]1CO. The summed E-state index contributed by atoms with van der Waals surface area (Å²) in [6, 6.07) is 0. The molecule has 21 heavy (non-hydrogen) atoms. The molecule has 0 unspecified atom stereocenters. The van der Waals surface area contributed by atoms with Crippen LogP contribution < -0.4 is 0 Å². The Balaban J connectivity index is 1.82. The Morgan fingerprint density at radius 2 is 2.38 bits per heavy atom. The Morgan fingerprint density at radius 3 is 3.05 bits per heavy atom. The molecule has 120 valence electrons. The van der Waals surface area contributed by atoms with Crippen molar-refractivity contribution >= 4 is 5.97 Å². The van der Waals surface area contributed by atoms with Crippen molar-refractivity contribution in [1.29, 1.82) is 0 Å². The van der Waals surface area contributed by atoms with Crippen LogP contribution in [0.25, 0.3) is 0 Å². The number of carbonyl (C=O) groups excluding carboxylic acids is 1. The first-order valence-corrected chi connectivity index (χ1v) is 7.19. The van der Waals surface area contributed by atoms with E-state index in [1.54, 1.807) is 7.11 Å². The van der Waals surface area contributed by atoms with Gasteiger partial charge in [0.25, 0.3) is 0 Å². The first-order chi connectivity index (χ1) is 10.2. The molecule has 2 heterocycles. The summed E-state index contributed by atoms with van der Waals surface area (Å²) in [4.78, 5) is 13.6. The van der Waals surface area contributed by atoms with Gasteiger partial charge in [-0.1, -0.05) is 0 Å². The highest BCUT2D eigenvalue weighted by molar-refractivity contribution is 5.69. The maximum absolute atomic E-state index is 11.8. The van der Waals surface area contributed by atoms with Crippen molar-refractivity contribution in [3.63, 3.8) is 0 Å². The maximum atomic E-state index is 11.8. The number of rotatable bonds is 7. The van der Waals surface area contributed by atoms with Crippen molar-refractivity contribution < 1.29 is 28.8 Å². The molecule has 1 N–H and O–H groups in total. The molecule has 0 aromatic rings. The second kappa shape index (κ2) is 8.33. The van der Waals surface area contributed by atoms with Gasteiger partial charge in [-0.3, -0.25) is 4.79 Å². The number of carbonyl (C=O) groups is 1. The summed E-state index contributed by atoms with van der Waals surface area (Å²) in [5.41, 5.74) is 0. The van der Waals surface area contributed by atoms with Gasteiger partial charge < -0.3 is 29.0 Å². The standard InChI is InChI=1S/C14H23NO6/c1-18-6-2-4-14(17)21-11-8-13(20-12(11)9-16)15-5-3-7-19-10-15/h3,5,11-13,16H,2,4,6-10H2,1H3/t11-,12-,13-/m1/s1. The Hall–Kier alpha value is -1.15. The molecular formula is C14H23NO6. The van der Waals surface area contributed by atoms with Crippen LogP contribution in [-0.2, 0) is 23.7 Å². The van der Waals surface area contributed by atoms with E-state index in [0.717, 1.165) is 0 Å². The van der Waals surface area contributed by atoms with E-state index in [1.807, 2.05) is 17.2 Å². The minimum atomic E-state index is -0.489. The first-order valence-electron chi connectivity index (χ1n) is 7.19. The number of aliphatic hydroxyl groups is 1. The fourth-order valence-electron chi connectivity index (χ4n) is 2.41. The number of aliphatic hydroxyl groups excluding tert-OH is 1. The summed E-state index contributed by atoms with van der Waals surface area (Å²) >= 11 is 0. The highest BCUT2D eigenvalue weighted by Gasteiger charge is 2.39. The second-order valence-corrected chi connectivity index (χ2v) is 5.07. The van der Waals surface area contributed by atoms with Gasteiger partial charge in [-0.2, -0.15) is 0 Å². The fourth-order valence-corrected chi connectivity index (χ4v) is 2.41. The summed E-state index contributed by atoms with van der Waals surface area (Å²) in [5, 5.41) is 9.38. The Morgan fingerprint density at radius 1 is 1.52 bits per heavy atom. The van der Waals surface area contributed by atoms with E-state index in [1.165, 1.54) is 0 Å². The molecule has 0 aliphatic carbocycles. The van der Waals surface area contributed by atoms with Gasteiger partial charge in [0.2, 0.25) is 0 Å². The highest BCUT2D eigenvalue weighted by atomic mass is 16.6. The molecule has 2 aliphatic heterocycles. The van der Waals surface area contributed by atoms with Gasteiger partial charge in [-0.05, 0) is 12.5 Å². The third-order valence-corrected chi connectivity index (χ3v) is 3.49. The Labute approximate surface area is 124 Å². The number of hydrogen-bond acceptors (Lipinski definition) is 7. The summed E-state index contributed by atoms with van der Waals surface area (Å²) in [6.07, 6.45) is 4.10. The molecule has 0 bridgehead atoms. The summed E-state index contributed by atoms with van der Waals surface area (Å²) in [6.45, 7) is 1.38. The molecule has 0 aromatic carbocycles. The monoisotopic (exact) mass is 301 g/mol. The lowest BCUT2D eigenvalue weighted by atomic mass is 10.2. The second-order valence-electron chi connectivity index (χ2n) is 5.07. The van der Waals surface area contributed by atoms with Crippen LogP contribution in [0.1, 0.15) is 19.3 Å². The van der Waals surface area contributed by atoms with Crippen molar-refractivity contribution in [1.82, 2.24) is 4.90 Å². The average molecular weight is 301 g/mol. The van der Waals surface area contributed by atoms with Gasteiger partial charge in [-0.25, -0.2) is 0 Å². The van der Waals surface area contributed by atoms with Crippen molar-refractivity contribution in [2.45, 2.75) is 37.7 Å². The smallest absolute Gasteiger partial charge is 0.306 e. The Kier molecular flexibility index (Phi) is 6.44. The zero-order valence-corrected chi connectivity index (χ0v) is 12.3. The average Bonchev–Trinajstić information content (AvgIpc) is 2.91. The molecule has 2 rings (SSSR count). The van der Waals surface area contributed by atoms with Crippen molar-refractivity contribution in [3.05, 3.63) is 12.3 Å². The summed E-state index contributed by atoms with van der Waals surface area (Å²) < 4.78 is 21.4. The number of hydrogen-bond donors (Lipinski definition) is 1. The van der Waals surface area contributed by atoms with Gasteiger partial charge in [0, 0.05) is 32.8 Å². The topological polar surface area (TPSA) is 77.5 Å². The Bertz CT molecular complexity index is 361. The molecule has 7 nitrogen and oxygen atoms in total. The predicted octanol–water partition coefficient (Wildman–Crippen LogP) is 0.236. The van der Waals surface area contributed by atoms with Crippen LogP contribution in [0.15, 0.2) is 12.3 Å². The van der Waals surface area contributed by atoms with Crippen molar-refractivity contribution in [2.24, 2.45) is 0 Å². The molecule has 0 radical (unpaired) electrons. The lowest BCUT2D eigenvalue weighted by molar-refractivity contribution is -0.154. The number of methoxy groups -OCH3 is 1. The molecular weight excluding hydrogens is 278 g/mol. The van der Waals surface area contributed by atoms with Gasteiger partial charge in [0.1, 0.15) is 25.2 Å². The van der Waals surface area contributed by atoms with Crippen LogP contribution in [0.4, 0.5) is 0 Å².